The molecule has 0 saturated carbocycles. The van der Waals surface area contributed by atoms with Gasteiger partial charge in [0.2, 0.25) is 0 Å². The van der Waals surface area contributed by atoms with Crippen molar-refractivity contribution in [1.82, 2.24) is 0 Å². The molecule has 1 aliphatic carbocycles. The van der Waals surface area contributed by atoms with Gasteiger partial charge >= 0.3 is 0 Å². The molecule has 0 nitrogen and oxygen atoms in total. The quantitative estimate of drug-likeness (QED) is 0.462. The van der Waals surface area contributed by atoms with Gasteiger partial charge in [0.15, 0.2) is 0 Å². The number of hydrogen-bond donors (Lipinski definition) is 0. The molecule has 112 valence electrons. The van der Waals surface area contributed by atoms with Crippen molar-refractivity contribution >= 4 is 0 Å². The molecule has 0 aromatic heterocycles. The van der Waals surface area contributed by atoms with E-state index in [2.05, 4.69) is 52.5 Å². The molecule has 0 spiro atoms. The van der Waals surface area contributed by atoms with E-state index in [0.29, 0.717) is 5.92 Å². The summed E-state index contributed by atoms with van der Waals surface area (Å²) in [6.07, 6.45) is 15.7. The van der Waals surface area contributed by atoms with E-state index in [1.54, 1.807) is 11.1 Å². The molecule has 1 atom stereocenters. The Balaban J connectivity index is 2.77. The minimum absolute atomic E-state index is 0.647. The highest BCUT2D eigenvalue weighted by Gasteiger charge is 2.08. The largest absolute Gasteiger partial charge is 0.0998 e. The zero-order valence-electron chi connectivity index (χ0n) is 14.0. The lowest BCUT2D eigenvalue weighted by Gasteiger charge is -2.16. The molecular formula is C20H32. The number of rotatable bonds is 1. The minimum atomic E-state index is 0.647. The molecule has 1 rings (SSSR count). The molecule has 0 bridgehead atoms. The van der Waals surface area contributed by atoms with Gasteiger partial charge in [-0.05, 0) is 78.6 Å². The second-order valence-electron chi connectivity index (χ2n) is 6.55. The second kappa shape index (κ2) is 9.00. The molecule has 0 saturated heterocycles. The van der Waals surface area contributed by atoms with E-state index in [1.807, 2.05) is 0 Å². The van der Waals surface area contributed by atoms with Crippen molar-refractivity contribution in [3.63, 3.8) is 0 Å². The highest BCUT2D eigenvalue weighted by Crippen LogP contribution is 2.24. The van der Waals surface area contributed by atoms with Crippen LogP contribution in [-0.2, 0) is 0 Å². The van der Waals surface area contributed by atoms with Crippen molar-refractivity contribution < 1.29 is 0 Å². The van der Waals surface area contributed by atoms with E-state index in [9.17, 15) is 0 Å². The van der Waals surface area contributed by atoms with E-state index in [-0.39, 0.29) is 0 Å². The van der Waals surface area contributed by atoms with Gasteiger partial charge in [-0.15, -0.1) is 0 Å². The molecule has 0 heterocycles. The molecule has 0 unspecified atom stereocenters. The van der Waals surface area contributed by atoms with Gasteiger partial charge in [0.1, 0.15) is 0 Å². The van der Waals surface area contributed by atoms with Crippen LogP contribution in [0, 0.1) is 5.92 Å². The molecule has 0 fully saturated rings. The third-order valence-corrected chi connectivity index (χ3v) is 4.40. The Hall–Kier alpha value is -1.04. The molecule has 0 heteroatoms. The maximum absolute atomic E-state index is 4.18. The standard InChI is InChI=1S/C20H32/c1-16(2)20-14-12-18(4)10-6-8-17(3)9-7-11-19(5)13-15-20/h8,11-12,20H,1,6-7,9-10,13-15H2,2-5H3/b17-8-,18-12-,19-11-/t20-/m0/s1. The summed E-state index contributed by atoms with van der Waals surface area (Å²) in [5, 5.41) is 0. The van der Waals surface area contributed by atoms with Crippen LogP contribution in [0.4, 0.5) is 0 Å². The van der Waals surface area contributed by atoms with Gasteiger partial charge in [-0.3, -0.25) is 0 Å². The van der Waals surface area contributed by atoms with Gasteiger partial charge in [-0.1, -0.05) is 47.1 Å². The van der Waals surface area contributed by atoms with Crippen molar-refractivity contribution in [3.05, 3.63) is 47.1 Å². The van der Waals surface area contributed by atoms with Crippen molar-refractivity contribution in [1.29, 1.82) is 0 Å². The lowest BCUT2D eigenvalue weighted by atomic mass is 9.89. The average Bonchev–Trinajstić information content (AvgIpc) is 2.37. The van der Waals surface area contributed by atoms with Crippen molar-refractivity contribution in [3.8, 4) is 0 Å². The predicted molar refractivity (Wildman–Crippen MR) is 91.9 cm³/mol. The van der Waals surface area contributed by atoms with E-state index in [1.165, 1.54) is 49.7 Å². The fraction of sp³-hybridized carbons (Fsp3) is 0.600. The molecule has 0 N–H and O–H groups in total. The van der Waals surface area contributed by atoms with Gasteiger partial charge in [0.25, 0.3) is 0 Å². The summed E-state index contributed by atoms with van der Waals surface area (Å²) in [6.45, 7) is 13.2. The molecule has 0 radical (unpaired) electrons. The Morgan fingerprint density at radius 3 is 1.95 bits per heavy atom. The molecule has 0 aliphatic heterocycles. The molecule has 0 aromatic carbocycles. The second-order valence-corrected chi connectivity index (χ2v) is 6.55. The normalized spacial score (nSPS) is 31.0. The highest BCUT2D eigenvalue weighted by atomic mass is 14.1. The summed E-state index contributed by atoms with van der Waals surface area (Å²) in [7, 11) is 0. The van der Waals surface area contributed by atoms with Crippen LogP contribution in [0.3, 0.4) is 0 Å². The molecule has 20 heavy (non-hydrogen) atoms. The molecule has 0 amide bonds. The fourth-order valence-electron chi connectivity index (χ4n) is 2.71. The van der Waals surface area contributed by atoms with Gasteiger partial charge < -0.3 is 0 Å². The number of hydrogen-bond acceptors (Lipinski definition) is 0. The van der Waals surface area contributed by atoms with Gasteiger partial charge in [0, 0.05) is 0 Å². The van der Waals surface area contributed by atoms with Gasteiger partial charge in [-0.25, -0.2) is 0 Å². The van der Waals surface area contributed by atoms with Crippen LogP contribution in [0.5, 0.6) is 0 Å². The molecule has 0 aromatic rings. The third-order valence-electron chi connectivity index (χ3n) is 4.40. The van der Waals surface area contributed by atoms with Gasteiger partial charge in [-0.2, -0.15) is 0 Å². The smallest absolute Gasteiger partial charge is 0.0171 e. The van der Waals surface area contributed by atoms with E-state index in [4.69, 9.17) is 0 Å². The zero-order valence-corrected chi connectivity index (χ0v) is 14.0. The van der Waals surface area contributed by atoms with Crippen LogP contribution in [-0.4, -0.2) is 0 Å². The summed E-state index contributed by atoms with van der Waals surface area (Å²) < 4.78 is 0. The SMILES string of the molecule is C=C(C)[C@H]1C/C=C(/C)CC/C=C(/C)CC/C=C(/C)CC1. The minimum Gasteiger partial charge on any atom is -0.0998 e. The van der Waals surface area contributed by atoms with Crippen LogP contribution in [0.25, 0.3) is 0 Å². The first-order chi connectivity index (χ1) is 9.49. The zero-order chi connectivity index (χ0) is 15.0. The Morgan fingerprint density at radius 1 is 0.900 bits per heavy atom. The number of allylic oxidation sites excluding steroid dienone is 7. The molecular weight excluding hydrogens is 240 g/mol. The van der Waals surface area contributed by atoms with Crippen molar-refractivity contribution in [2.75, 3.05) is 0 Å². The summed E-state index contributed by atoms with van der Waals surface area (Å²) in [6, 6.07) is 0. The lowest BCUT2D eigenvalue weighted by molar-refractivity contribution is 0.564. The van der Waals surface area contributed by atoms with Gasteiger partial charge in [0.05, 0.1) is 0 Å². The predicted octanol–water partition coefficient (Wildman–Crippen LogP) is 6.76. The van der Waals surface area contributed by atoms with E-state index < -0.39 is 0 Å². The topological polar surface area (TPSA) is 0 Å². The molecule has 1 aliphatic rings. The summed E-state index contributed by atoms with van der Waals surface area (Å²) >= 11 is 0. The summed E-state index contributed by atoms with van der Waals surface area (Å²) in [5.74, 6) is 0.647. The highest BCUT2D eigenvalue weighted by molar-refractivity contribution is 5.09. The Labute approximate surface area is 126 Å². The van der Waals surface area contributed by atoms with E-state index >= 15 is 0 Å². The maximum Gasteiger partial charge on any atom is -0.0171 e. The van der Waals surface area contributed by atoms with Crippen LogP contribution in [0.1, 0.15) is 72.6 Å². The fourth-order valence-corrected chi connectivity index (χ4v) is 2.71. The first-order valence-corrected chi connectivity index (χ1v) is 8.11. The van der Waals surface area contributed by atoms with Crippen LogP contribution < -0.4 is 0 Å². The van der Waals surface area contributed by atoms with Crippen molar-refractivity contribution in [2.24, 2.45) is 5.92 Å². The summed E-state index contributed by atoms with van der Waals surface area (Å²) in [5.41, 5.74) is 5.95. The third kappa shape index (κ3) is 6.93. The van der Waals surface area contributed by atoms with Crippen molar-refractivity contribution in [2.45, 2.75) is 72.6 Å². The first kappa shape index (κ1) is 17.0. The Kier molecular flexibility index (Phi) is 7.65. The summed E-state index contributed by atoms with van der Waals surface area (Å²) in [4.78, 5) is 0. The Bertz CT molecular complexity index is 404. The maximum atomic E-state index is 4.18. The van der Waals surface area contributed by atoms with Crippen LogP contribution in [0.2, 0.25) is 0 Å². The Morgan fingerprint density at radius 2 is 1.40 bits per heavy atom. The monoisotopic (exact) mass is 272 g/mol. The first-order valence-electron chi connectivity index (χ1n) is 8.11. The van der Waals surface area contributed by atoms with Crippen LogP contribution in [0.15, 0.2) is 47.1 Å². The lowest BCUT2D eigenvalue weighted by Crippen LogP contribution is -2.01. The van der Waals surface area contributed by atoms with E-state index in [0.717, 1.165) is 6.42 Å². The van der Waals surface area contributed by atoms with Crippen LogP contribution >= 0.6 is 0 Å². The average molecular weight is 272 g/mol.